The number of benzene rings is 1. The normalized spacial score (nSPS) is 10.7. The van der Waals surface area contributed by atoms with Gasteiger partial charge >= 0.3 is 0 Å². The summed E-state index contributed by atoms with van der Waals surface area (Å²) in [7, 11) is 0. The van der Waals surface area contributed by atoms with Gasteiger partial charge in [-0.15, -0.1) is 11.3 Å². The largest absolute Gasteiger partial charge is 0.287 e. The summed E-state index contributed by atoms with van der Waals surface area (Å²) in [4.78, 5) is 11.5. The minimum absolute atomic E-state index is 0.265. The Morgan fingerprint density at radius 3 is 3.00 bits per heavy atom. The van der Waals surface area contributed by atoms with Gasteiger partial charge in [-0.25, -0.2) is 0 Å². The molecule has 1 heterocycles. The van der Waals surface area contributed by atoms with Crippen molar-refractivity contribution < 1.29 is 4.79 Å². The van der Waals surface area contributed by atoms with Crippen LogP contribution in [0.1, 0.15) is 12.5 Å². The highest BCUT2D eigenvalue weighted by molar-refractivity contribution is 8.13. The van der Waals surface area contributed by atoms with E-state index in [1.165, 1.54) is 27.4 Å². The molecular formula is C12H12OS2. The molecule has 3 heteroatoms. The zero-order valence-corrected chi connectivity index (χ0v) is 10.2. The van der Waals surface area contributed by atoms with Crippen LogP contribution >= 0.6 is 23.1 Å². The Bertz CT molecular complexity index is 473. The van der Waals surface area contributed by atoms with E-state index in [9.17, 15) is 4.79 Å². The van der Waals surface area contributed by atoms with E-state index >= 15 is 0 Å². The van der Waals surface area contributed by atoms with Crippen LogP contribution < -0.4 is 0 Å². The van der Waals surface area contributed by atoms with Crippen molar-refractivity contribution in [2.75, 3.05) is 5.75 Å². The van der Waals surface area contributed by atoms with Gasteiger partial charge in [0, 0.05) is 11.1 Å². The lowest BCUT2D eigenvalue weighted by molar-refractivity contribution is -0.110. The van der Waals surface area contributed by atoms with Crippen LogP contribution in [-0.2, 0) is 11.2 Å². The van der Waals surface area contributed by atoms with Crippen molar-refractivity contribution in [1.82, 2.24) is 0 Å². The molecule has 0 amide bonds. The van der Waals surface area contributed by atoms with Gasteiger partial charge in [0.2, 0.25) is 0 Å². The second-order valence-electron chi connectivity index (χ2n) is 3.24. The first-order valence-corrected chi connectivity index (χ1v) is 6.78. The Morgan fingerprint density at radius 1 is 1.40 bits per heavy atom. The molecule has 0 saturated carbocycles. The summed E-state index contributed by atoms with van der Waals surface area (Å²) >= 11 is 3.12. The molecule has 2 aromatic rings. The second kappa shape index (κ2) is 4.81. The number of thiophene rings is 1. The van der Waals surface area contributed by atoms with E-state index in [-0.39, 0.29) is 5.12 Å². The van der Waals surface area contributed by atoms with Crippen LogP contribution in [0.5, 0.6) is 0 Å². The highest BCUT2D eigenvalue weighted by Gasteiger charge is 2.08. The third-order valence-corrected chi connectivity index (χ3v) is 3.97. The van der Waals surface area contributed by atoms with Crippen molar-refractivity contribution in [2.24, 2.45) is 0 Å². The highest BCUT2D eigenvalue weighted by Crippen LogP contribution is 2.26. The number of carbonyl (C=O) groups excluding carboxylic acids is 1. The first-order chi connectivity index (χ1) is 7.31. The summed E-state index contributed by atoms with van der Waals surface area (Å²) in [6.07, 6.45) is 0.558. The van der Waals surface area contributed by atoms with Crippen LogP contribution in [0, 0.1) is 0 Å². The lowest BCUT2D eigenvalue weighted by Crippen LogP contribution is -1.96. The maximum absolute atomic E-state index is 11.5. The maximum atomic E-state index is 11.5. The van der Waals surface area contributed by atoms with Crippen molar-refractivity contribution in [1.29, 1.82) is 0 Å². The van der Waals surface area contributed by atoms with Gasteiger partial charge in [0.1, 0.15) is 0 Å². The van der Waals surface area contributed by atoms with E-state index in [4.69, 9.17) is 0 Å². The van der Waals surface area contributed by atoms with E-state index in [0.717, 1.165) is 5.75 Å². The summed E-state index contributed by atoms with van der Waals surface area (Å²) in [5, 5.41) is 3.59. The van der Waals surface area contributed by atoms with Gasteiger partial charge in [0.25, 0.3) is 0 Å². The fourth-order valence-electron chi connectivity index (χ4n) is 1.54. The lowest BCUT2D eigenvalue weighted by Gasteiger charge is -1.97. The van der Waals surface area contributed by atoms with Crippen molar-refractivity contribution in [2.45, 2.75) is 13.3 Å². The summed E-state index contributed by atoms with van der Waals surface area (Å²) in [6, 6.07) is 8.24. The Morgan fingerprint density at radius 2 is 2.20 bits per heavy atom. The van der Waals surface area contributed by atoms with Crippen LogP contribution in [0.25, 0.3) is 10.1 Å². The summed E-state index contributed by atoms with van der Waals surface area (Å²) < 4.78 is 1.27. The van der Waals surface area contributed by atoms with Gasteiger partial charge in [-0.05, 0) is 28.1 Å². The number of thioether (sulfide) groups is 1. The molecule has 0 aliphatic heterocycles. The molecule has 78 valence electrons. The van der Waals surface area contributed by atoms with E-state index in [1.54, 1.807) is 11.3 Å². The smallest absolute Gasteiger partial charge is 0.193 e. The van der Waals surface area contributed by atoms with Gasteiger partial charge in [-0.3, -0.25) is 4.79 Å². The molecule has 1 nitrogen and oxygen atoms in total. The zero-order chi connectivity index (χ0) is 10.7. The van der Waals surface area contributed by atoms with E-state index in [1.807, 2.05) is 19.1 Å². The average molecular weight is 236 g/mol. The summed E-state index contributed by atoms with van der Waals surface area (Å²) in [6.45, 7) is 2.01. The van der Waals surface area contributed by atoms with Crippen LogP contribution in [0.3, 0.4) is 0 Å². The van der Waals surface area contributed by atoms with Crippen molar-refractivity contribution in [3.63, 3.8) is 0 Å². The molecule has 0 unspecified atom stereocenters. The van der Waals surface area contributed by atoms with Crippen molar-refractivity contribution in [3.8, 4) is 0 Å². The summed E-state index contributed by atoms with van der Waals surface area (Å²) in [5.74, 6) is 0.862. The van der Waals surface area contributed by atoms with E-state index < -0.39 is 0 Å². The minimum Gasteiger partial charge on any atom is -0.287 e. The number of hydrogen-bond donors (Lipinski definition) is 0. The van der Waals surface area contributed by atoms with Gasteiger partial charge < -0.3 is 0 Å². The Labute approximate surface area is 97.5 Å². The molecule has 0 aliphatic rings. The van der Waals surface area contributed by atoms with Gasteiger partial charge in [0.05, 0.1) is 0 Å². The van der Waals surface area contributed by atoms with Crippen molar-refractivity contribution in [3.05, 3.63) is 35.2 Å². The minimum atomic E-state index is 0.265. The molecule has 0 saturated heterocycles. The molecule has 0 bridgehead atoms. The summed E-state index contributed by atoms with van der Waals surface area (Å²) in [5.41, 5.74) is 1.17. The molecule has 0 radical (unpaired) electrons. The molecule has 0 spiro atoms. The fraction of sp³-hybridized carbons (Fsp3) is 0.250. The first kappa shape index (κ1) is 10.7. The Hall–Kier alpha value is -0.800. The van der Waals surface area contributed by atoms with Crippen LogP contribution in [0.4, 0.5) is 0 Å². The first-order valence-electron chi connectivity index (χ1n) is 4.92. The monoisotopic (exact) mass is 236 g/mol. The third-order valence-electron chi connectivity index (χ3n) is 2.20. The second-order valence-corrected chi connectivity index (χ2v) is 5.47. The molecule has 0 fully saturated rings. The molecule has 15 heavy (non-hydrogen) atoms. The van der Waals surface area contributed by atoms with Crippen LogP contribution in [0.2, 0.25) is 0 Å². The SMILES string of the molecule is CCSC(=O)Cc1csc2ccccc12. The van der Waals surface area contributed by atoms with Crippen molar-refractivity contribution >= 4 is 38.3 Å². The molecule has 0 atom stereocenters. The van der Waals surface area contributed by atoms with Crippen LogP contribution in [-0.4, -0.2) is 10.9 Å². The topological polar surface area (TPSA) is 17.1 Å². The van der Waals surface area contributed by atoms with Gasteiger partial charge in [-0.2, -0.15) is 0 Å². The Balaban J connectivity index is 2.25. The zero-order valence-electron chi connectivity index (χ0n) is 8.53. The predicted molar refractivity (Wildman–Crippen MR) is 68.7 cm³/mol. The fourth-order valence-corrected chi connectivity index (χ4v) is 3.08. The highest BCUT2D eigenvalue weighted by atomic mass is 32.2. The Kier molecular flexibility index (Phi) is 3.44. The van der Waals surface area contributed by atoms with E-state index in [0.29, 0.717) is 6.42 Å². The third kappa shape index (κ3) is 2.41. The number of carbonyl (C=O) groups is 1. The molecule has 0 N–H and O–H groups in total. The molecule has 0 aliphatic carbocycles. The number of rotatable bonds is 3. The van der Waals surface area contributed by atoms with Crippen LogP contribution in [0.15, 0.2) is 29.6 Å². The molecule has 2 rings (SSSR count). The van der Waals surface area contributed by atoms with Gasteiger partial charge in [0.15, 0.2) is 5.12 Å². The molecular weight excluding hydrogens is 224 g/mol. The maximum Gasteiger partial charge on any atom is 0.193 e. The van der Waals surface area contributed by atoms with Gasteiger partial charge in [-0.1, -0.05) is 36.9 Å². The number of fused-ring (bicyclic) bond motifs is 1. The average Bonchev–Trinajstić information content (AvgIpc) is 2.62. The van der Waals surface area contributed by atoms with E-state index in [2.05, 4.69) is 17.5 Å². The molecule has 1 aromatic carbocycles. The molecule has 1 aromatic heterocycles. The quantitative estimate of drug-likeness (QED) is 0.808. The number of hydrogen-bond acceptors (Lipinski definition) is 3. The predicted octanol–water partition coefficient (Wildman–Crippen LogP) is 3.72. The lowest BCUT2D eigenvalue weighted by atomic mass is 10.1. The standard InChI is InChI=1S/C12H12OS2/c1-2-14-12(13)7-9-8-15-11-6-4-3-5-10(9)11/h3-6,8H,2,7H2,1H3.